The fourth-order valence-electron chi connectivity index (χ4n) is 5.03. The molecule has 4 aromatic rings. The zero-order chi connectivity index (χ0) is 23.5. The van der Waals surface area contributed by atoms with Gasteiger partial charge in [-0.3, -0.25) is 4.79 Å². The second-order valence-electron chi connectivity index (χ2n) is 8.95. The van der Waals surface area contributed by atoms with Gasteiger partial charge in [-0.1, -0.05) is 66.7 Å². The van der Waals surface area contributed by atoms with E-state index in [-0.39, 0.29) is 17.1 Å². The molecule has 1 aliphatic rings. The van der Waals surface area contributed by atoms with Gasteiger partial charge in [0.15, 0.2) is 0 Å². The van der Waals surface area contributed by atoms with Crippen LogP contribution in [-0.2, 0) is 6.54 Å². The molecule has 0 radical (unpaired) electrons. The Labute approximate surface area is 200 Å². The van der Waals surface area contributed by atoms with Crippen LogP contribution in [0.4, 0.5) is 5.69 Å². The van der Waals surface area contributed by atoms with Crippen LogP contribution in [0.5, 0.6) is 0 Å². The summed E-state index contributed by atoms with van der Waals surface area (Å²) in [5.74, 6) is -0.0923. The molecule has 0 bridgehead atoms. The molecule has 5 rings (SSSR count). The normalized spacial score (nSPS) is 14.9. The maximum atomic E-state index is 14.3. The molecule has 172 valence electrons. The lowest BCUT2D eigenvalue weighted by molar-refractivity contribution is -0.881. The zero-order valence-electron chi connectivity index (χ0n) is 19.5. The van der Waals surface area contributed by atoms with E-state index in [1.807, 2.05) is 91.9 Å². The predicted molar refractivity (Wildman–Crippen MR) is 137 cm³/mol. The van der Waals surface area contributed by atoms with Gasteiger partial charge in [-0.2, -0.15) is 0 Å². The first-order valence-corrected chi connectivity index (χ1v) is 12.0. The second kappa shape index (κ2) is 9.37. The molecule has 0 N–H and O–H groups in total. The number of quaternary nitrogens is 1. The van der Waals surface area contributed by atoms with Gasteiger partial charge in [-0.15, -0.1) is 0 Å². The number of hydrogen-bond acceptors (Lipinski definition) is 3. The van der Waals surface area contributed by atoms with E-state index in [2.05, 4.69) is 0 Å². The van der Waals surface area contributed by atoms with Crippen LogP contribution < -0.4 is 4.90 Å². The van der Waals surface area contributed by atoms with E-state index < -0.39 is 0 Å². The maximum absolute atomic E-state index is 14.3. The number of benzene rings is 3. The minimum atomic E-state index is -0.308. The Morgan fingerprint density at radius 1 is 0.912 bits per heavy atom. The molecule has 1 fully saturated rings. The molecule has 0 atom stereocenters. The van der Waals surface area contributed by atoms with E-state index in [1.165, 1.54) is 0 Å². The number of nitrogens with zero attached hydrogens (tertiary/aromatic N) is 3. The third-order valence-corrected chi connectivity index (χ3v) is 6.71. The van der Waals surface area contributed by atoms with Crippen molar-refractivity contribution in [3.8, 4) is 11.3 Å². The van der Waals surface area contributed by atoms with Crippen molar-refractivity contribution < 1.29 is 9.44 Å². The minimum absolute atomic E-state index is 0.0923. The highest BCUT2D eigenvalue weighted by Gasteiger charge is 2.31. The van der Waals surface area contributed by atoms with Crippen molar-refractivity contribution >= 4 is 22.5 Å². The third-order valence-electron chi connectivity index (χ3n) is 6.71. The number of carbonyl (C=O) groups excluding carboxylic acids is 1. The SMILES string of the molecule is CCN(C(=O)c1c(C[N+]2([O-])CCCC2)c(-c2ccccc2)nc2ccccc12)c1ccccc1. The summed E-state index contributed by atoms with van der Waals surface area (Å²) < 4.78 is -0.308. The molecule has 2 heterocycles. The van der Waals surface area contributed by atoms with Crippen molar-refractivity contribution in [3.63, 3.8) is 0 Å². The van der Waals surface area contributed by atoms with Crippen molar-refractivity contribution in [2.75, 3.05) is 24.5 Å². The number of pyridine rings is 1. The molecule has 1 aromatic heterocycles. The topological polar surface area (TPSA) is 56.3 Å². The summed E-state index contributed by atoms with van der Waals surface area (Å²) >= 11 is 0. The Kier molecular flexibility index (Phi) is 6.14. The molecule has 1 amide bonds. The van der Waals surface area contributed by atoms with Crippen molar-refractivity contribution in [2.45, 2.75) is 26.3 Å². The van der Waals surface area contributed by atoms with Crippen molar-refractivity contribution in [2.24, 2.45) is 0 Å². The minimum Gasteiger partial charge on any atom is -0.633 e. The van der Waals surface area contributed by atoms with Crippen molar-refractivity contribution in [1.29, 1.82) is 0 Å². The standard InChI is InChI=1S/C29H29N3O2/c1-2-31(23-15-7-4-8-16-23)29(33)27-24-17-9-10-18-26(24)30-28(22-13-5-3-6-14-22)25(27)21-32(34)19-11-12-20-32/h3-10,13-18H,2,11-12,19-21H2,1H3. The van der Waals surface area contributed by atoms with Crippen LogP contribution in [0.2, 0.25) is 0 Å². The van der Waals surface area contributed by atoms with Gasteiger partial charge in [-0.25, -0.2) is 4.98 Å². The van der Waals surface area contributed by atoms with E-state index >= 15 is 0 Å². The number of aromatic nitrogens is 1. The molecule has 0 saturated carbocycles. The largest absolute Gasteiger partial charge is 0.633 e. The van der Waals surface area contributed by atoms with Crippen LogP contribution >= 0.6 is 0 Å². The molecule has 34 heavy (non-hydrogen) atoms. The van der Waals surface area contributed by atoms with Gasteiger partial charge in [0.25, 0.3) is 5.91 Å². The third kappa shape index (κ3) is 4.20. The number of para-hydroxylation sites is 2. The summed E-state index contributed by atoms with van der Waals surface area (Å²) in [4.78, 5) is 21.1. The van der Waals surface area contributed by atoms with Crippen LogP contribution in [0.3, 0.4) is 0 Å². The second-order valence-corrected chi connectivity index (χ2v) is 8.95. The smallest absolute Gasteiger partial charge is 0.259 e. The summed E-state index contributed by atoms with van der Waals surface area (Å²) in [6.07, 6.45) is 1.83. The zero-order valence-corrected chi connectivity index (χ0v) is 19.5. The van der Waals surface area contributed by atoms with Gasteiger partial charge >= 0.3 is 0 Å². The van der Waals surface area contributed by atoms with Crippen molar-refractivity contribution in [1.82, 2.24) is 4.98 Å². The fraction of sp³-hybridized carbons (Fsp3) is 0.241. The molecule has 0 unspecified atom stereocenters. The average molecular weight is 452 g/mol. The molecule has 5 heteroatoms. The van der Waals surface area contributed by atoms with Crippen LogP contribution in [0.25, 0.3) is 22.2 Å². The van der Waals surface area contributed by atoms with E-state index in [9.17, 15) is 10.0 Å². The van der Waals surface area contributed by atoms with E-state index in [0.717, 1.165) is 46.3 Å². The average Bonchev–Trinajstić information content (AvgIpc) is 3.31. The molecule has 1 saturated heterocycles. The highest BCUT2D eigenvalue weighted by Crippen LogP contribution is 2.35. The Hall–Kier alpha value is -3.54. The van der Waals surface area contributed by atoms with Crippen LogP contribution in [0.1, 0.15) is 35.7 Å². The number of fused-ring (bicyclic) bond motifs is 1. The number of amides is 1. The number of rotatable bonds is 6. The number of anilines is 1. The Balaban J connectivity index is 1.78. The van der Waals surface area contributed by atoms with Gasteiger partial charge in [0, 0.05) is 41.6 Å². The summed E-state index contributed by atoms with van der Waals surface area (Å²) in [7, 11) is 0. The number of carbonyl (C=O) groups is 1. The van der Waals surface area contributed by atoms with E-state index in [4.69, 9.17) is 4.98 Å². The lowest BCUT2D eigenvalue weighted by Crippen LogP contribution is -2.39. The summed E-state index contributed by atoms with van der Waals surface area (Å²) in [6.45, 7) is 3.90. The Morgan fingerprint density at radius 3 is 2.21 bits per heavy atom. The molecular weight excluding hydrogens is 422 g/mol. The van der Waals surface area contributed by atoms with E-state index in [0.29, 0.717) is 25.2 Å². The highest BCUT2D eigenvalue weighted by atomic mass is 16.5. The molecule has 3 aromatic carbocycles. The monoisotopic (exact) mass is 451 g/mol. The molecule has 0 aliphatic carbocycles. The number of hydroxylamine groups is 3. The first-order valence-electron chi connectivity index (χ1n) is 12.0. The molecule has 5 nitrogen and oxygen atoms in total. The first-order chi connectivity index (χ1) is 16.6. The van der Waals surface area contributed by atoms with Crippen molar-refractivity contribution in [3.05, 3.63) is 101 Å². The summed E-state index contributed by atoms with van der Waals surface area (Å²) in [5, 5.41) is 14.5. The van der Waals surface area contributed by atoms with E-state index in [1.54, 1.807) is 4.90 Å². The van der Waals surface area contributed by atoms with Gasteiger partial charge in [0.1, 0.15) is 6.54 Å². The number of hydrogen-bond donors (Lipinski definition) is 0. The van der Waals surface area contributed by atoms with Gasteiger partial charge in [0.05, 0.1) is 29.9 Å². The van der Waals surface area contributed by atoms with Crippen LogP contribution in [0, 0.1) is 5.21 Å². The maximum Gasteiger partial charge on any atom is 0.259 e. The van der Waals surface area contributed by atoms with Crippen LogP contribution in [0.15, 0.2) is 84.9 Å². The Bertz CT molecular complexity index is 1300. The summed E-state index contributed by atoms with van der Waals surface area (Å²) in [6, 6.07) is 27.4. The molecular formula is C29H29N3O2. The highest BCUT2D eigenvalue weighted by molar-refractivity contribution is 6.15. The summed E-state index contributed by atoms with van der Waals surface area (Å²) in [5.41, 5.74) is 4.60. The van der Waals surface area contributed by atoms with Gasteiger partial charge in [-0.05, 0) is 25.1 Å². The quantitative estimate of drug-likeness (QED) is 0.260. The lowest BCUT2D eigenvalue weighted by Gasteiger charge is -2.39. The fourth-order valence-corrected chi connectivity index (χ4v) is 5.03. The van der Waals surface area contributed by atoms with Gasteiger partial charge in [0.2, 0.25) is 0 Å². The lowest BCUT2D eigenvalue weighted by atomic mass is 9.95. The molecule has 1 aliphatic heterocycles. The van der Waals surface area contributed by atoms with Crippen LogP contribution in [-0.4, -0.2) is 35.2 Å². The number of likely N-dealkylation sites (tertiary alicyclic amines) is 1. The Morgan fingerprint density at radius 2 is 1.53 bits per heavy atom. The first kappa shape index (κ1) is 22.3. The molecule has 0 spiro atoms. The van der Waals surface area contributed by atoms with Gasteiger partial charge < -0.3 is 14.8 Å². The predicted octanol–water partition coefficient (Wildman–Crippen LogP) is 6.18.